The van der Waals surface area contributed by atoms with Gasteiger partial charge in [0.2, 0.25) is 0 Å². The van der Waals surface area contributed by atoms with Gasteiger partial charge in [0, 0.05) is 35.0 Å². The van der Waals surface area contributed by atoms with Crippen molar-refractivity contribution < 1.29 is 23.8 Å². The number of ether oxygens (including phenoxy) is 3. The fraction of sp³-hybridized carbons (Fsp3) is 0.231. The van der Waals surface area contributed by atoms with Crippen molar-refractivity contribution in [3.05, 3.63) is 64.8 Å². The van der Waals surface area contributed by atoms with Crippen molar-refractivity contribution >= 4 is 33.1 Å². The summed E-state index contributed by atoms with van der Waals surface area (Å²) in [6.45, 7) is 2.00. The third-order valence-corrected chi connectivity index (χ3v) is 6.57. The van der Waals surface area contributed by atoms with Crippen LogP contribution in [0.25, 0.3) is 21.5 Å². The number of thiophene rings is 1. The molecule has 0 aliphatic heterocycles. The van der Waals surface area contributed by atoms with Gasteiger partial charge < -0.3 is 14.2 Å². The zero-order chi connectivity index (χ0) is 24.2. The maximum absolute atomic E-state index is 13.0. The normalized spacial score (nSPS) is 10.8. The molecule has 3 aromatic heterocycles. The van der Waals surface area contributed by atoms with E-state index < -0.39 is 0 Å². The number of ketones is 2. The fourth-order valence-electron chi connectivity index (χ4n) is 3.78. The predicted molar refractivity (Wildman–Crippen MR) is 132 cm³/mol. The Morgan fingerprint density at radius 1 is 0.882 bits per heavy atom. The highest BCUT2D eigenvalue weighted by atomic mass is 32.1. The zero-order valence-corrected chi connectivity index (χ0v) is 20.2. The molecule has 0 spiro atoms. The first-order chi connectivity index (χ1) is 16.5. The first kappa shape index (κ1) is 23.4. The van der Waals surface area contributed by atoms with E-state index in [0.717, 1.165) is 20.7 Å². The third-order valence-electron chi connectivity index (χ3n) is 5.51. The van der Waals surface area contributed by atoms with Crippen molar-refractivity contribution in [3.63, 3.8) is 0 Å². The number of aryl methyl sites for hydroxylation is 1. The summed E-state index contributed by atoms with van der Waals surface area (Å²) in [4.78, 5) is 35.8. The van der Waals surface area contributed by atoms with Crippen LogP contribution in [0.2, 0.25) is 0 Å². The zero-order valence-electron chi connectivity index (χ0n) is 19.4. The SMILES string of the molecule is COc1ccc(C(=O)CCC(=O)c2ccc(OC)c(-c3c(C)sc4cccnc34)n2)cc1OC. The Labute approximate surface area is 201 Å². The Kier molecular flexibility index (Phi) is 6.88. The van der Waals surface area contributed by atoms with Gasteiger partial charge in [-0.1, -0.05) is 0 Å². The molecule has 174 valence electrons. The van der Waals surface area contributed by atoms with Crippen LogP contribution >= 0.6 is 11.3 Å². The summed E-state index contributed by atoms with van der Waals surface area (Å²) in [6.07, 6.45) is 1.83. The molecule has 8 heteroatoms. The number of benzene rings is 1. The van der Waals surface area contributed by atoms with Crippen LogP contribution in [0.1, 0.15) is 38.6 Å². The Morgan fingerprint density at radius 3 is 2.32 bits per heavy atom. The smallest absolute Gasteiger partial charge is 0.181 e. The molecule has 0 bridgehead atoms. The summed E-state index contributed by atoms with van der Waals surface area (Å²) in [7, 11) is 4.61. The lowest BCUT2D eigenvalue weighted by molar-refractivity contribution is 0.0915. The Bertz CT molecular complexity index is 1380. The third kappa shape index (κ3) is 4.49. The highest BCUT2D eigenvalue weighted by Gasteiger charge is 2.21. The summed E-state index contributed by atoms with van der Waals surface area (Å²) in [6, 6.07) is 12.2. The molecule has 34 heavy (non-hydrogen) atoms. The highest BCUT2D eigenvalue weighted by molar-refractivity contribution is 7.19. The van der Waals surface area contributed by atoms with Crippen LogP contribution in [0.3, 0.4) is 0 Å². The minimum Gasteiger partial charge on any atom is -0.494 e. The van der Waals surface area contributed by atoms with Crippen LogP contribution in [0.15, 0.2) is 48.7 Å². The molecule has 0 amide bonds. The Hall–Kier alpha value is -3.78. The summed E-state index contributed by atoms with van der Waals surface area (Å²) in [5, 5.41) is 0. The van der Waals surface area contributed by atoms with E-state index >= 15 is 0 Å². The largest absolute Gasteiger partial charge is 0.494 e. The first-order valence-electron chi connectivity index (χ1n) is 10.6. The van der Waals surface area contributed by atoms with E-state index in [0.29, 0.717) is 28.5 Å². The first-order valence-corrected chi connectivity index (χ1v) is 11.5. The molecule has 0 saturated carbocycles. The molecule has 0 radical (unpaired) electrons. The van der Waals surface area contributed by atoms with E-state index in [2.05, 4.69) is 9.97 Å². The lowest BCUT2D eigenvalue weighted by atomic mass is 10.0. The van der Waals surface area contributed by atoms with E-state index in [1.54, 1.807) is 55.0 Å². The highest BCUT2D eigenvalue weighted by Crippen LogP contribution is 2.40. The molecule has 1 aromatic carbocycles. The standard InChI is InChI=1S/C26H24N2O5S/c1-15-24(26-23(34-15)6-5-13-27-26)25-21(32-3)12-8-17(28-25)19(30)10-9-18(29)16-7-11-20(31-2)22(14-16)33-4/h5-8,11-14H,9-10H2,1-4H3. The van der Waals surface area contributed by atoms with Crippen molar-refractivity contribution in [1.82, 2.24) is 9.97 Å². The fourth-order valence-corrected chi connectivity index (χ4v) is 4.80. The topological polar surface area (TPSA) is 87.6 Å². The van der Waals surface area contributed by atoms with E-state index in [9.17, 15) is 9.59 Å². The molecule has 3 heterocycles. The number of carbonyl (C=O) groups excluding carboxylic acids is 2. The maximum atomic E-state index is 13.0. The Balaban J connectivity index is 1.58. The molecule has 0 saturated heterocycles. The van der Waals surface area contributed by atoms with Gasteiger partial charge in [0.15, 0.2) is 23.1 Å². The van der Waals surface area contributed by atoms with Gasteiger partial charge in [-0.25, -0.2) is 4.98 Å². The van der Waals surface area contributed by atoms with Gasteiger partial charge in [-0.3, -0.25) is 14.6 Å². The van der Waals surface area contributed by atoms with E-state index in [4.69, 9.17) is 14.2 Å². The number of aromatic nitrogens is 2. The van der Waals surface area contributed by atoms with Gasteiger partial charge in [0.05, 0.1) is 31.5 Å². The summed E-state index contributed by atoms with van der Waals surface area (Å²) < 4.78 is 17.0. The second-order valence-corrected chi connectivity index (χ2v) is 8.80. The van der Waals surface area contributed by atoms with Crippen LogP contribution in [-0.4, -0.2) is 42.9 Å². The van der Waals surface area contributed by atoms with Gasteiger partial charge in [0.1, 0.15) is 17.1 Å². The molecule has 4 aromatic rings. The summed E-state index contributed by atoms with van der Waals surface area (Å²) in [5.74, 6) is 1.19. The molecular formula is C26H24N2O5S. The molecule has 0 N–H and O–H groups in total. The van der Waals surface area contributed by atoms with Crippen molar-refractivity contribution in [2.24, 2.45) is 0 Å². The Morgan fingerprint density at radius 2 is 1.59 bits per heavy atom. The molecule has 7 nitrogen and oxygen atoms in total. The van der Waals surface area contributed by atoms with Crippen LogP contribution < -0.4 is 14.2 Å². The van der Waals surface area contributed by atoms with Gasteiger partial charge in [-0.05, 0) is 49.4 Å². The van der Waals surface area contributed by atoms with Crippen molar-refractivity contribution in [2.45, 2.75) is 19.8 Å². The van der Waals surface area contributed by atoms with Crippen molar-refractivity contribution in [3.8, 4) is 28.5 Å². The minimum atomic E-state index is -0.220. The number of rotatable bonds is 9. The van der Waals surface area contributed by atoms with E-state index in [1.807, 2.05) is 19.1 Å². The number of pyridine rings is 2. The van der Waals surface area contributed by atoms with Gasteiger partial charge in [0.25, 0.3) is 0 Å². The number of hydrogen-bond donors (Lipinski definition) is 0. The predicted octanol–water partition coefficient (Wildman–Crippen LogP) is 5.54. The number of carbonyl (C=O) groups is 2. The molecule has 4 rings (SSSR count). The van der Waals surface area contributed by atoms with Crippen molar-refractivity contribution in [1.29, 1.82) is 0 Å². The molecule has 0 atom stereocenters. The number of methoxy groups -OCH3 is 3. The number of Topliss-reactive ketones (excluding diaryl/α,β-unsaturated/α-hetero) is 2. The lowest BCUT2D eigenvalue weighted by Gasteiger charge is -2.10. The number of hydrogen-bond acceptors (Lipinski definition) is 8. The van der Waals surface area contributed by atoms with Gasteiger partial charge >= 0.3 is 0 Å². The quantitative estimate of drug-likeness (QED) is 0.293. The summed E-state index contributed by atoms with van der Waals surface area (Å²) >= 11 is 1.62. The average molecular weight is 477 g/mol. The second kappa shape index (κ2) is 10.0. The van der Waals surface area contributed by atoms with Gasteiger partial charge in [-0.15, -0.1) is 11.3 Å². The monoisotopic (exact) mass is 476 g/mol. The molecule has 0 fully saturated rings. The van der Waals surface area contributed by atoms with E-state index in [1.165, 1.54) is 14.2 Å². The number of nitrogens with zero attached hydrogens (tertiary/aromatic N) is 2. The van der Waals surface area contributed by atoms with Crippen LogP contribution in [0, 0.1) is 6.92 Å². The second-order valence-electron chi connectivity index (χ2n) is 7.55. The maximum Gasteiger partial charge on any atom is 0.181 e. The van der Waals surface area contributed by atoms with Gasteiger partial charge in [-0.2, -0.15) is 0 Å². The molecule has 0 aliphatic carbocycles. The minimum absolute atomic E-state index is 0.0353. The molecule has 0 unspecified atom stereocenters. The van der Waals surface area contributed by atoms with E-state index in [-0.39, 0.29) is 30.1 Å². The van der Waals surface area contributed by atoms with Crippen molar-refractivity contribution in [2.75, 3.05) is 21.3 Å². The number of fused-ring (bicyclic) bond motifs is 1. The molecule has 0 aliphatic rings. The van der Waals surface area contributed by atoms with Crippen LogP contribution in [0.5, 0.6) is 17.2 Å². The lowest BCUT2D eigenvalue weighted by Crippen LogP contribution is -2.08. The van der Waals surface area contributed by atoms with Crippen LogP contribution in [0.4, 0.5) is 0 Å². The molecular weight excluding hydrogens is 452 g/mol. The summed E-state index contributed by atoms with van der Waals surface area (Å²) in [5.41, 5.74) is 2.99. The average Bonchev–Trinajstić information content (AvgIpc) is 3.21. The van der Waals surface area contributed by atoms with Crippen LogP contribution in [-0.2, 0) is 0 Å².